The molecule has 0 saturated carbocycles. The van der Waals surface area contributed by atoms with Crippen LogP contribution in [0.5, 0.6) is 0 Å². The number of nitrogens with two attached hydrogens (primary N) is 2. The molecule has 0 aromatic carbocycles. The van der Waals surface area contributed by atoms with Crippen molar-refractivity contribution in [3.05, 3.63) is 12.1 Å². The highest BCUT2D eigenvalue weighted by atomic mass is 16.4. The third-order valence-electron chi connectivity index (χ3n) is 1.71. The smallest absolute Gasteiger partial charge is 0.323 e. The molecule has 1 aromatic heterocycles. The molecule has 5 N–H and O–H groups in total. The van der Waals surface area contributed by atoms with Gasteiger partial charge in [0.15, 0.2) is 0 Å². The van der Waals surface area contributed by atoms with Gasteiger partial charge in [0.25, 0.3) is 0 Å². The molecular formula is C8H12N4O2. The molecule has 1 rings (SSSR count). The molecule has 0 bridgehead atoms. The molecule has 0 radical (unpaired) electrons. The maximum Gasteiger partial charge on any atom is 0.323 e. The SMILES string of the molecule is CN(CC(=O)O)c1ccc(N)c(N)n1. The number of hydrogen-bond acceptors (Lipinski definition) is 5. The second-order valence-electron chi connectivity index (χ2n) is 2.89. The minimum absolute atomic E-state index is 0.129. The Morgan fingerprint density at radius 2 is 2.21 bits per heavy atom. The lowest BCUT2D eigenvalue weighted by molar-refractivity contribution is -0.135. The lowest BCUT2D eigenvalue weighted by atomic mass is 10.3. The summed E-state index contributed by atoms with van der Waals surface area (Å²) in [5, 5.41) is 8.54. The van der Waals surface area contributed by atoms with Crippen molar-refractivity contribution in [1.29, 1.82) is 0 Å². The van der Waals surface area contributed by atoms with Gasteiger partial charge in [0.1, 0.15) is 18.2 Å². The molecule has 0 aliphatic heterocycles. The molecule has 1 aromatic rings. The number of anilines is 3. The first-order valence-corrected chi connectivity index (χ1v) is 3.95. The van der Waals surface area contributed by atoms with Crippen LogP contribution in [0.3, 0.4) is 0 Å². The molecule has 0 spiro atoms. The predicted octanol–water partition coefficient (Wildman–Crippen LogP) is -0.233. The van der Waals surface area contributed by atoms with Gasteiger partial charge in [-0.05, 0) is 12.1 Å². The van der Waals surface area contributed by atoms with Crippen molar-refractivity contribution in [1.82, 2.24) is 4.98 Å². The highest BCUT2D eigenvalue weighted by Gasteiger charge is 2.07. The standard InChI is InChI=1S/C8H12N4O2/c1-12(4-7(13)14)6-3-2-5(9)8(10)11-6/h2-3H,4,9H2,1H3,(H2,10,11)(H,13,14). The maximum atomic E-state index is 10.4. The molecule has 6 heteroatoms. The van der Waals surface area contributed by atoms with Crippen LogP contribution in [0, 0.1) is 0 Å². The van der Waals surface area contributed by atoms with Crippen LogP contribution >= 0.6 is 0 Å². The van der Waals surface area contributed by atoms with Crippen molar-refractivity contribution in [2.24, 2.45) is 0 Å². The highest BCUT2D eigenvalue weighted by molar-refractivity contribution is 5.73. The number of pyridine rings is 1. The van der Waals surface area contributed by atoms with Crippen molar-refractivity contribution < 1.29 is 9.90 Å². The normalized spacial score (nSPS) is 9.79. The number of carbonyl (C=O) groups is 1. The van der Waals surface area contributed by atoms with Gasteiger partial charge in [0.2, 0.25) is 0 Å². The number of likely N-dealkylation sites (N-methyl/N-ethyl adjacent to an activating group) is 1. The van der Waals surface area contributed by atoms with Crippen LogP contribution in [0.4, 0.5) is 17.3 Å². The topological polar surface area (TPSA) is 105 Å². The summed E-state index contributed by atoms with van der Waals surface area (Å²) in [4.78, 5) is 15.8. The van der Waals surface area contributed by atoms with E-state index in [1.807, 2.05) is 0 Å². The first-order chi connectivity index (χ1) is 6.50. The molecule has 0 saturated heterocycles. The lowest BCUT2D eigenvalue weighted by Gasteiger charge is -2.15. The fraction of sp³-hybridized carbons (Fsp3) is 0.250. The van der Waals surface area contributed by atoms with E-state index >= 15 is 0 Å². The van der Waals surface area contributed by atoms with E-state index in [-0.39, 0.29) is 12.4 Å². The minimum atomic E-state index is -0.926. The van der Waals surface area contributed by atoms with Gasteiger partial charge < -0.3 is 21.5 Å². The van der Waals surface area contributed by atoms with E-state index in [0.717, 1.165) is 0 Å². The summed E-state index contributed by atoms with van der Waals surface area (Å²) in [5.74, 6) is -0.233. The Bertz CT molecular complexity index is 353. The van der Waals surface area contributed by atoms with Gasteiger partial charge in [-0.15, -0.1) is 0 Å². The summed E-state index contributed by atoms with van der Waals surface area (Å²) in [6, 6.07) is 3.21. The first kappa shape index (κ1) is 10.1. The van der Waals surface area contributed by atoms with Crippen LogP contribution in [0.1, 0.15) is 0 Å². The van der Waals surface area contributed by atoms with E-state index in [4.69, 9.17) is 16.6 Å². The minimum Gasteiger partial charge on any atom is -0.480 e. The van der Waals surface area contributed by atoms with Gasteiger partial charge in [-0.2, -0.15) is 0 Å². The molecule has 0 fully saturated rings. The van der Waals surface area contributed by atoms with Gasteiger partial charge in [0, 0.05) is 7.05 Å². The lowest BCUT2D eigenvalue weighted by Crippen LogP contribution is -2.26. The molecule has 0 aliphatic carbocycles. The number of carboxylic acids is 1. The van der Waals surface area contributed by atoms with Gasteiger partial charge in [-0.25, -0.2) is 4.98 Å². The summed E-state index contributed by atoms with van der Waals surface area (Å²) >= 11 is 0. The Morgan fingerprint density at radius 1 is 1.57 bits per heavy atom. The van der Waals surface area contributed by atoms with E-state index in [0.29, 0.717) is 11.5 Å². The monoisotopic (exact) mass is 196 g/mol. The van der Waals surface area contributed by atoms with E-state index in [1.54, 1.807) is 19.2 Å². The molecule has 76 valence electrons. The van der Waals surface area contributed by atoms with Gasteiger partial charge in [-0.1, -0.05) is 0 Å². The summed E-state index contributed by atoms with van der Waals surface area (Å²) in [6.07, 6.45) is 0. The second kappa shape index (κ2) is 3.82. The van der Waals surface area contributed by atoms with Crippen LogP contribution in [-0.4, -0.2) is 29.7 Å². The summed E-state index contributed by atoms with van der Waals surface area (Å²) < 4.78 is 0. The fourth-order valence-corrected chi connectivity index (χ4v) is 0.971. The van der Waals surface area contributed by atoms with Crippen LogP contribution in [0.25, 0.3) is 0 Å². The number of aromatic nitrogens is 1. The summed E-state index contributed by atoms with van der Waals surface area (Å²) in [7, 11) is 1.62. The zero-order chi connectivity index (χ0) is 10.7. The molecule has 14 heavy (non-hydrogen) atoms. The van der Waals surface area contributed by atoms with Crippen molar-refractivity contribution in [2.75, 3.05) is 30.0 Å². The molecule has 0 aliphatic rings. The predicted molar refractivity (Wildman–Crippen MR) is 54.0 cm³/mol. The Kier molecular flexibility index (Phi) is 2.76. The Balaban J connectivity index is 2.85. The Morgan fingerprint density at radius 3 is 2.71 bits per heavy atom. The number of nitrogens with zero attached hydrogens (tertiary/aromatic N) is 2. The summed E-state index contributed by atoms with van der Waals surface area (Å²) in [5.41, 5.74) is 11.3. The molecule has 1 heterocycles. The average molecular weight is 196 g/mol. The summed E-state index contributed by atoms with van der Waals surface area (Å²) in [6.45, 7) is -0.129. The number of rotatable bonds is 3. The van der Waals surface area contributed by atoms with Crippen LogP contribution in [0.2, 0.25) is 0 Å². The fourth-order valence-electron chi connectivity index (χ4n) is 0.971. The zero-order valence-corrected chi connectivity index (χ0v) is 7.77. The van der Waals surface area contributed by atoms with Crippen molar-refractivity contribution in [3.63, 3.8) is 0 Å². The molecular weight excluding hydrogens is 184 g/mol. The van der Waals surface area contributed by atoms with Crippen molar-refractivity contribution in [3.8, 4) is 0 Å². The Hall–Kier alpha value is -1.98. The number of nitrogen functional groups attached to an aromatic ring is 2. The number of hydrogen-bond donors (Lipinski definition) is 3. The molecule has 0 unspecified atom stereocenters. The maximum absolute atomic E-state index is 10.4. The average Bonchev–Trinajstić information content (AvgIpc) is 2.08. The molecule has 0 atom stereocenters. The third kappa shape index (κ3) is 2.25. The highest BCUT2D eigenvalue weighted by Crippen LogP contribution is 2.16. The second-order valence-corrected chi connectivity index (χ2v) is 2.89. The van der Waals surface area contributed by atoms with E-state index in [2.05, 4.69) is 4.98 Å². The zero-order valence-electron chi connectivity index (χ0n) is 7.77. The largest absolute Gasteiger partial charge is 0.480 e. The third-order valence-corrected chi connectivity index (χ3v) is 1.71. The van der Waals surface area contributed by atoms with E-state index < -0.39 is 5.97 Å². The molecule has 0 amide bonds. The van der Waals surface area contributed by atoms with Crippen LogP contribution in [-0.2, 0) is 4.79 Å². The quantitative estimate of drug-likeness (QED) is 0.616. The van der Waals surface area contributed by atoms with Crippen LogP contribution in [0.15, 0.2) is 12.1 Å². The van der Waals surface area contributed by atoms with Gasteiger partial charge >= 0.3 is 5.97 Å². The van der Waals surface area contributed by atoms with E-state index in [1.165, 1.54) is 4.90 Å². The van der Waals surface area contributed by atoms with Gasteiger partial charge in [-0.3, -0.25) is 4.79 Å². The van der Waals surface area contributed by atoms with Crippen molar-refractivity contribution in [2.45, 2.75) is 0 Å². The molecule has 6 nitrogen and oxygen atoms in total. The van der Waals surface area contributed by atoms with Gasteiger partial charge in [0.05, 0.1) is 5.69 Å². The number of aliphatic carboxylic acids is 1. The van der Waals surface area contributed by atoms with E-state index in [9.17, 15) is 4.79 Å². The number of carboxylic acid groups (broad SMARTS) is 1. The van der Waals surface area contributed by atoms with Crippen molar-refractivity contribution >= 4 is 23.3 Å². The van der Waals surface area contributed by atoms with Crippen LogP contribution < -0.4 is 16.4 Å². The Labute approximate surface area is 81.1 Å². The first-order valence-electron chi connectivity index (χ1n) is 3.95.